The summed E-state index contributed by atoms with van der Waals surface area (Å²) in [5.74, 6) is 1.04. The Morgan fingerprint density at radius 1 is 0.966 bits per heavy atom. The normalized spacial score (nSPS) is 15.6. The topological polar surface area (TPSA) is 66.5 Å². The smallest absolute Gasteiger partial charge is 0.243 e. The van der Waals surface area contributed by atoms with Crippen molar-refractivity contribution in [3.8, 4) is 0 Å². The van der Waals surface area contributed by atoms with E-state index in [9.17, 15) is 13.2 Å². The van der Waals surface area contributed by atoms with Crippen molar-refractivity contribution in [1.29, 1.82) is 0 Å². The Morgan fingerprint density at radius 2 is 1.59 bits per heavy atom. The molecule has 0 spiro atoms. The van der Waals surface area contributed by atoms with Gasteiger partial charge in [-0.05, 0) is 49.6 Å². The van der Waals surface area contributed by atoms with Crippen molar-refractivity contribution < 1.29 is 13.2 Å². The SMILES string of the molecule is Cc1ccc(CSCC(=O)Nc2ccc(S(=O)(=O)N3CCCCCC3)cc2)cc1. The molecule has 0 radical (unpaired) electrons. The number of carbonyl (C=O) groups excluding carboxylic acids is 1. The van der Waals surface area contributed by atoms with Crippen LogP contribution in [0.4, 0.5) is 5.69 Å². The molecule has 156 valence electrons. The number of hydrogen-bond donors (Lipinski definition) is 1. The van der Waals surface area contributed by atoms with Crippen LogP contribution in [0.1, 0.15) is 36.8 Å². The third kappa shape index (κ3) is 6.32. The molecule has 1 heterocycles. The number of benzene rings is 2. The first kappa shape index (κ1) is 21.9. The maximum Gasteiger partial charge on any atom is 0.243 e. The van der Waals surface area contributed by atoms with E-state index in [2.05, 4.69) is 36.5 Å². The second kappa shape index (κ2) is 10.3. The molecule has 1 amide bonds. The Balaban J connectivity index is 1.51. The van der Waals surface area contributed by atoms with Crippen molar-refractivity contribution in [2.45, 2.75) is 43.3 Å². The van der Waals surface area contributed by atoms with Gasteiger partial charge in [-0.2, -0.15) is 4.31 Å². The lowest BCUT2D eigenvalue weighted by molar-refractivity contribution is -0.113. The highest BCUT2D eigenvalue weighted by molar-refractivity contribution is 7.99. The predicted octanol–water partition coefficient (Wildman–Crippen LogP) is 4.43. The summed E-state index contributed by atoms with van der Waals surface area (Å²) < 4.78 is 27.2. The molecule has 2 aromatic rings. The van der Waals surface area contributed by atoms with Crippen LogP contribution < -0.4 is 5.32 Å². The van der Waals surface area contributed by atoms with Crippen molar-refractivity contribution >= 4 is 33.4 Å². The Labute approximate surface area is 177 Å². The second-order valence-corrected chi connectivity index (χ2v) is 10.3. The number of nitrogens with one attached hydrogen (secondary N) is 1. The molecule has 7 heteroatoms. The zero-order valence-corrected chi connectivity index (χ0v) is 18.4. The van der Waals surface area contributed by atoms with Crippen LogP contribution in [-0.2, 0) is 20.6 Å². The molecule has 0 bridgehead atoms. The van der Waals surface area contributed by atoms with Gasteiger partial charge in [0.15, 0.2) is 0 Å². The quantitative estimate of drug-likeness (QED) is 0.703. The predicted molar refractivity (Wildman–Crippen MR) is 120 cm³/mol. The molecule has 1 saturated heterocycles. The maximum atomic E-state index is 12.8. The summed E-state index contributed by atoms with van der Waals surface area (Å²) in [5, 5.41) is 2.84. The van der Waals surface area contributed by atoms with Crippen LogP contribution in [0.15, 0.2) is 53.4 Å². The monoisotopic (exact) mass is 432 g/mol. The van der Waals surface area contributed by atoms with Gasteiger partial charge in [-0.25, -0.2) is 8.42 Å². The summed E-state index contributed by atoms with van der Waals surface area (Å²) in [7, 11) is -3.46. The molecule has 1 fully saturated rings. The second-order valence-electron chi connectivity index (χ2n) is 7.37. The van der Waals surface area contributed by atoms with Gasteiger partial charge in [0.1, 0.15) is 0 Å². The highest BCUT2D eigenvalue weighted by Gasteiger charge is 2.24. The van der Waals surface area contributed by atoms with E-state index in [1.807, 2.05) is 0 Å². The minimum Gasteiger partial charge on any atom is -0.325 e. The summed E-state index contributed by atoms with van der Waals surface area (Å²) in [5.41, 5.74) is 3.02. The summed E-state index contributed by atoms with van der Waals surface area (Å²) >= 11 is 1.55. The lowest BCUT2D eigenvalue weighted by Crippen LogP contribution is -2.31. The summed E-state index contributed by atoms with van der Waals surface area (Å²) in [6.07, 6.45) is 3.99. The Kier molecular flexibility index (Phi) is 7.75. The van der Waals surface area contributed by atoms with Crippen LogP contribution in [0.5, 0.6) is 0 Å². The molecule has 1 aliphatic heterocycles. The number of hydrogen-bond acceptors (Lipinski definition) is 4. The van der Waals surface area contributed by atoms with E-state index in [0.29, 0.717) is 24.5 Å². The number of anilines is 1. The fourth-order valence-corrected chi connectivity index (χ4v) is 5.59. The van der Waals surface area contributed by atoms with Gasteiger partial charge in [0.25, 0.3) is 0 Å². The number of amides is 1. The molecule has 2 aromatic carbocycles. The lowest BCUT2D eigenvalue weighted by atomic mass is 10.2. The van der Waals surface area contributed by atoms with Gasteiger partial charge in [0, 0.05) is 24.5 Å². The van der Waals surface area contributed by atoms with E-state index in [4.69, 9.17) is 0 Å². The molecule has 29 heavy (non-hydrogen) atoms. The first-order valence-electron chi connectivity index (χ1n) is 9.98. The van der Waals surface area contributed by atoms with Gasteiger partial charge in [-0.3, -0.25) is 4.79 Å². The van der Waals surface area contributed by atoms with Gasteiger partial charge in [-0.15, -0.1) is 11.8 Å². The number of sulfonamides is 1. The lowest BCUT2D eigenvalue weighted by Gasteiger charge is -2.20. The average Bonchev–Trinajstić information content (AvgIpc) is 3.00. The molecule has 1 aliphatic rings. The zero-order chi connectivity index (χ0) is 20.7. The fraction of sp³-hybridized carbons (Fsp3) is 0.409. The minimum absolute atomic E-state index is 0.0924. The first-order valence-corrected chi connectivity index (χ1v) is 12.6. The molecule has 3 rings (SSSR count). The van der Waals surface area contributed by atoms with Crippen LogP contribution in [0, 0.1) is 6.92 Å². The third-order valence-electron chi connectivity index (χ3n) is 4.96. The van der Waals surface area contributed by atoms with Crippen LogP contribution in [0.2, 0.25) is 0 Å². The number of aryl methyl sites for hydroxylation is 1. The number of carbonyl (C=O) groups is 1. The number of rotatable bonds is 7. The van der Waals surface area contributed by atoms with E-state index >= 15 is 0 Å². The van der Waals surface area contributed by atoms with Gasteiger partial charge >= 0.3 is 0 Å². The Morgan fingerprint density at radius 3 is 2.21 bits per heavy atom. The van der Waals surface area contributed by atoms with E-state index in [0.717, 1.165) is 31.4 Å². The zero-order valence-electron chi connectivity index (χ0n) is 16.8. The average molecular weight is 433 g/mol. The van der Waals surface area contributed by atoms with Gasteiger partial charge in [-0.1, -0.05) is 42.7 Å². The summed E-state index contributed by atoms with van der Waals surface area (Å²) in [6.45, 7) is 3.22. The van der Waals surface area contributed by atoms with Crippen LogP contribution in [0.25, 0.3) is 0 Å². The molecule has 0 unspecified atom stereocenters. The van der Waals surface area contributed by atoms with Crippen molar-refractivity contribution in [1.82, 2.24) is 4.31 Å². The maximum absolute atomic E-state index is 12.8. The highest BCUT2D eigenvalue weighted by atomic mass is 32.2. The molecular weight excluding hydrogens is 404 g/mol. The van der Waals surface area contributed by atoms with Crippen molar-refractivity contribution in [2.75, 3.05) is 24.2 Å². The Bertz CT molecular complexity index is 902. The molecule has 0 atom stereocenters. The largest absolute Gasteiger partial charge is 0.325 e. The van der Waals surface area contributed by atoms with Crippen LogP contribution >= 0.6 is 11.8 Å². The third-order valence-corrected chi connectivity index (χ3v) is 7.88. The molecular formula is C22H28N2O3S2. The van der Waals surface area contributed by atoms with E-state index in [-0.39, 0.29) is 10.8 Å². The summed E-state index contributed by atoms with van der Waals surface area (Å²) in [4.78, 5) is 12.4. The molecule has 0 aliphatic carbocycles. The molecule has 1 N–H and O–H groups in total. The first-order chi connectivity index (χ1) is 13.9. The number of thioether (sulfide) groups is 1. The summed E-state index contributed by atoms with van der Waals surface area (Å²) in [6, 6.07) is 14.8. The van der Waals surface area contributed by atoms with Crippen molar-refractivity contribution in [3.05, 3.63) is 59.7 Å². The van der Waals surface area contributed by atoms with Crippen molar-refractivity contribution in [3.63, 3.8) is 0 Å². The van der Waals surface area contributed by atoms with E-state index < -0.39 is 10.0 Å². The van der Waals surface area contributed by atoms with E-state index in [1.165, 1.54) is 11.1 Å². The van der Waals surface area contributed by atoms with Crippen LogP contribution in [0.3, 0.4) is 0 Å². The van der Waals surface area contributed by atoms with Gasteiger partial charge < -0.3 is 5.32 Å². The minimum atomic E-state index is -3.46. The number of nitrogens with zero attached hydrogens (tertiary/aromatic N) is 1. The molecule has 5 nitrogen and oxygen atoms in total. The standard InChI is InChI=1S/C22H28N2O3S2/c1-18-6-8-19(9-7-18)16-28-17-22(25)23-20-10-12-21(13-11-20)29(26,27)24-14-4-2-3-5-15-24/h6-13H,2-5,14-17H2,1H3,(H,23,25). The highest BCUT2D eigenvalue weighted by Crippen LogP contribution is 2.22. The van der Waals surface area contributed by atoms with Gasteiger partial charge in [0.05, 0.1) is 10.6 Å². The van der Waals surface area contributed by atoms with Crippen LogP contribution in [-0.4, -0.2) is 37.5 Å². The van der Waals surface area contributed by atoms with Crippen molar-refractivity contribution in [2.24, 2.45) is 0 Å². The van der Waals surface area contributed by atoms with E-state index in [1.54, 1.807) is 40.3 Å². The Hall–Kier alpha value is -1.83. The molecule has 0 aromatic heterocycles. The van der Waals surface area contributed by atoms with Gasteiger partial charge in [0.2, 0.25) is 15.9 Å². The fourth-order valence-electron chi connectivity index (χ4n) is 3.28. The molecule has 0 saturated carbocycles.